The largest absolute Gasteiger partial charge is 0.491 e. The van der Waals surface area contributed by atoms with Crippen molar-refractivity contribution in [2.45, 2.75) is 64.5 Å². The highest BCUT2D eigenvalue weighted by molar-refractivity contribution is 5.80. The van der Waals surface area contributed by atoms with Gasteiger partial charge in [-0.15, -0.1) is 5.11 Å². The van der Waals surface area contributed by atoms with Crippen molar-refractivity contribution in [3.63, 3.8) is 0 Å². The van der Waals surface area contributed by atoms with Gasteiger partial charge in [-0.25, -0.2) is 14.2 Å². The van der Waals surface area contributed by atoms with Gasteiger partial charge in [-0.2, -0.15) is 18.3 Å². The van der Waals surface area contributed by atoms with Crippen LogP contribution in [0.2, 0.25) is 0 Å². The summed E-state index contributed by atoms with van der Waals surface area (Å²) in [5.41, 5.74) is -0.123. The molecule has 1 aromatic carbocycles. The molecule has 1 saturated heterocycles. The van der Waals surface area contributed by atoms with Crippen molar-refractivity contribution in [2.75, 3.05) is 19.7 Å². The van der Waals surface area contributed by atoms with Crippen LogP contribution in [0.4, 0.5) is 28.2 Å². The zero-order chi connectivity index (χ0) is 29.8. The Labute approximate surface area is 235 Å². The number of benzene rings is 1. The van der Waals surface area contributed by atoms with Crippen LogP contribution in [0.3, 0.4) is 0 Å². The maximum absolute atomic E-state index is 14.4. The van der Waals surface area contributed by atoms with Crippen molar-refractivity contribution in [3.8, 4) is 5.75 Å². The number of hydrogen-bond acceptors (Lipinski definition) is 8. The second-order valence-corrected chi connectivity index (χ2v) is 10.5. The Morgan fingerprint density at radius 2 is 1.98 bits per heavy atom. The highest BCUT2D eigenvalue weighted by atomic mass is 19.4. The van der Waals surface area contributed by atoms with Gasteiger partial charge in [-0.3, -0.25) is 9.88 Å². The molecule has 3 aromatic rings. The van der Waals surface area contributed by atoms with Gasteiger partial charge in [0.25, 0.3) is 0 Å². The van der Waals surface area contributed by atoms with Crippen molar-refractivity contribution in [1.82, 2.24) is 20.2 Å². The average molecular weight is 577 g/mol. The van der Waals surface area contributed by atoms with Crippen LogP contribution in [0, 0.1) is 5.82 Å². The van der Waals surface area contributed by atoms with E-state index < -0.39 is 35.8 Å². The molecule has 0 aliphatic carbocycles. The van der Waals surface area contributed by atoms with E-state index in [1.165, 1.54) is 24.3 Å². The summed E-state index contributed by atoms with van der Waals surface area (Å²) in [6.07, 6.45) is -4.42. The van der Waals surface area contributed by atoms with E-state index in [0.29, 0.717) is 36.2 Å². The van der Waals surface area contributed by atoms with Gasteiger partial charge in [0.05, 0.1) is 17.8 Å². The predicted molar refractivity (Wildman–Crippen MR) is 143 cm³/mol. The summed E-state index contributed by atoms with van der Waals surface area (Å²) < 4.78 is 68.0. The Hall–Kier alpha value is -3.87. The predicted octanol–water partition coefficient (Wildman–Crippen LogP) is 6.65. The lowest BCUT2D eigenvalue weighted by Crippen LogP contribution is -2.50. The number of azo groups is 1. The van der Waals surface area contributed by atoms with E-state index in [1.807, 2.05) is 0 Å². The van der Waals surface area contributed by atoms with E-state index in [9.17, 15) is 22.4 Å². The lowest BCUT2D eigenvalue weighted by molar-refractivity contribution is -0.188. The normalized spacial score (nSPS) is 16.7. The number of nitrogens with zero attached hydrogens (tertiary/aromatic N) is 5. The van der Waals surface area contributed by atoms with Crippen LogP contribution in [0.5, 0.6) is 5.75 Å². The lowest BCUT2D eigenvalue weighted by Gasteiger charge is -2.38. The summed E-state index contributed by atoms with van der Waals surface area (Å²) in [4.78, 5) is 22.3. The summed E-state index contributed by atoms with van der Waals surface area (Å²) in [6.45, 7) is 7.64. The fourth-order valence-electron chi connectivity index (χ4n) is 4.48. The van der Waals surface area contributed by atoms with Crippen LogP contribution < -0.4 is 10.1 Å². The maximum Gasteiger partial charge on any atom is 0.413 e. The molecule has 220 valence electrons. The SMILES string of the molecule is CCOc1cc2nc(CN=Nc3ccc([C@@H](N(C(=O)OC(C)(C)C)[C@H]4CCNC4)C(F)(F)F)cn3)ccc2cc1F. The highest BCUT2D eigenvalue weighted by Crippen LogP contribution is 2.40. The van der Waals surface area contributed by atoms with Crippen molar-refractivity contribution in [2.24, 2.45) is 10.2 Å². The molecule has 13 heteroatoms. The first-order chi connectivity index (χ1) is 19.4. The van der Waals surface area contributed by atoms with Crippen LogP contribution in [0.15, 0.2) is 52.8 Å². The second-order valence-electron chi connectivity index (χ2n) is 10.5. The summed E-state index contributed by atoms with van der Waals surface area (Å²) >= 11 is 0. The van der Waals surface area contributed by atoms with Crippen LogP contribution in [-0.2, 0) is 11.3 Å². The molecule has 1 aliphatic rings. The van der Waals surface area contributed by atoms with E-state index in [4.69, 9.17) is 9.47 Å². The molecule has 1 amide bonds. The summed E-state index contributed by atoms with van der Waals surface area (Å²) in [5, 5.41) is 11.7. The van der Waals surface area contributed by atoms with Gasteiger partial charge in [0, 0.05) is 35.8 Å². The zero-order valence-corrected chi connectivity index (χ0v) is 23.2. The third-order valence-electron chi connectivity index (χ3n) is 6.21. The molecule has 2 atom stereocenters. The smallest absolute Gasteiger partial charge is 0.413 e. The molecular weight excluding hydrogens is 544 g/mol. The Morgan fingerprint density at radius 3 is 2.59 bits per heavy atom. The molecular formula is C28H32F4N6O3. The van der Waals surface area contributed by atoms with Crippen LogP contribution in [0.25, 0.3) is 10.9 Å². The number of fused-ring (bicyclic) bond motifs is 1. The van der Waals surface area contributed by atoms with Crippen LogP contribution in [0.1, 0.15) is 51.4 Å². The molecule has 0 radical (unpaired) electrons. The number of nitrogens with one attached hydrogen (secondary N) is 1. The molecule has 0 spiro atoms. The number of hydrogen-bond donors (Lipinski definition) is 1. The number of carbonyl (C=O) groups excluding carboxylic acids is 1. The molecule has 9 nitrogen and oxygen atoms in total. The lowest BCUT2D eigenvalue weighted by atomic mass is 10.0. The second kappa shape index (κ2) is 12.3. The number of rotatable bonds is 8. The number of amides is 1. The van der Waals surface area contributed by atoms with Crippen molar-refractivity contribution in [1.29, 1.82) is 0 Å². The van der Waals surface area contributed by atoms with Gasteiger partial charge in [-0.05, 0) is 58.9 Å². The standard InChI is InChI=1S/C28H32F4N6O3/c1-5-40-23-13-22-17(12-21(23)29)6-8-19(36-22)15-35-37-24-9-7-18(14-34-24)25(28(30,31)32)38(20-10-11-33-16-20)26(39)41-27(2,3)4/h6-9,12-14,20,25,33H,5,10-11,15-16H2,1-4H3/t20-,25+/m0/s1. The Morgan fingerprint density at radius 1 is 1.20 bits per heavy atom. The Balaban J connectivity index is 1.53. The minimum atomic E-state index is -4.78. The van der Waals surface area contributed by atoms with Gasteiger partial charge in [-0.1, -0.05) is 12.1 Å². The molecule has 3 heterocycles. The van der Waals surface area contributed by atoms with Gasteiger partial charge in [0.1, 0.15) is 12.1 Å². The Kier molecular flexibility index (Phi) is 9.05. The van der Waals surface area contributed by atoms with Crippen LogP contribution in [-0.4, -0.2) is 58.5 Å². The van der Waals surface area contributed by atoms with Gasteiger partial charge >= 0.3 is 12.3 Å². The first-order valence-electron chi connectivity index (χ1n) is 13.2. The van der Waals surface area contributed by atoms with Gasteiger partial charge < -0.3 is 14.8 Å². The quantitative estimate of drug-likeness (QED) is 0.238. The van der Waals surface area contributed by atoms with E-state index in [2.05, 4.69) is 25.5 Å². The fourth-order valence-corrected chi connectivity index (χ4v) is 4.48. The van der Waals surface area contributed by atoms with E-state index >= 15 is 0 Å². The van der Waals surface area contributed by atoms with Crippen molar-refractivity contribution >= 4 is 22.8 Å². The van der Waals surface area contributed by atoms with Crippen molar-refractivity contribution in [3.05, 3.63) is 59.7 Å². The number of alkyl halides is 3. The molecule has 1 aliphatic heterocycles. The number of aromatic nitrogens is 2. The monoisotopic (exact) mass is 576 g/mol. The fraction of sp³-hybridized carbons (Fsp3) is 0.464. The maximum atomic E-state index is 14.4. The number of pyridine rings is 2. The van der Waals surface area contributed by atoms with Gasteiger partial charge in [0.2, 0.25) is 0 Å². The first kappa shape index (κ1) is 30.1. The first-order valence-corrected chi connectivity index (χ1v) is 13.2. The average Bonchev–Trinajstić information content (AvgIpc) is 3.41. The summed E-state index contributed by atoms with van der Waals surface area (Å²) in [6, 6.07) is 5.81. The molecule has 0 unspecified atom stereocenters. The Bertz CT molecular complexity index is 1390. The van der Waals surface area contributed by atoms with Gasteiger partial charge in [0.15, 0.2) is 23.4 Å². The number of ether oxygens (including phenoxy) is 2. The molecule has 0 bridgehead atoms. The minimum absolute atomic E-state index is 0.0625. The molecule has 1 N–H and O–H groups in total. The highest BCUT2D eigenvalue weighted by Gasteiger charge is 2.50. The third-order valence-corrected chi connectivity index (χ3v) is 6.21. The van der Waals surface area contributed by atoms with Crippen LogP contribution >= 0.6 is 0 Å². The summed E-state index contributed by atoms with van der Waals surface area (Å²) in [7, 11) is 0. The number of carbonyl (C=O) groups is 1. The number of halogens is 4. The third kappa shape index (κ3) is 7.66. The van der Waals surface area contributed by atoms with E-state index in [1.54, 1.807) is 39.8 Å². The molecule has 41 heavy (non-hydrogen) atoms. The molecule has 2 aromatic heterocycles. The van der Waals surface area contributed by atoms with E-state index in [-0.39, 0.29) is 30.2 Å². The molecule has 4 rings (SSSR count). The summed E-state index contributed by atoms with van der Waals surface area (Å²) in [5.74, 6) is -0.297. The topological polar surface area (TPSA) is 101 Å². The zero-order valence-electron chi connectivity index (χ0n) is 23.2. The van der Waals surface area contributed by atoms with Crippen molar-refractivity contribution < 1.29 is 31.8 Å². The minimum Gasteiger partial charge on any atom is -0.491 e. The molecule has 1 fully saturated rings. The van der Waals surface area contributed by atoms with E-state index in [0.717, 1.165) is 11.1 Å². The molecule has 0 saturated carbocycles.